The Balaban J connectivity index is 2.33. The first-order chi connectivity index (χ1) is 7.15. The van der Waals surface area contributed by atoms with E-state index in [2.05, 4.69) is 0 Å². The second kappa shape index (κ2) is 6.08. The van der Waals surface area contributed by atoms with E-state index in [1.54, 1.807) is 4.90 Å². The Bertz CT molecular complexity index is 203. The fourth-order valence-corrected chi connectivity index (χ4v) is 1.89. The van der Waals surface area contributed by atoms with Gasteiger partial charge in [-0.3, -0.25) is 4.79 Å². The summed E-state index contributed by atoms with van der Waals surface area (Å²) in [5.41, 5.74) is 5.70. The Labute approximate surface area is 91.8 Å². The molecule has 2 atom stereocenters. The molecular formula is C11H22N2O2. The SMILES string of the molecule is CC[C@H](N)C(=O)N(C)CC1CCCOC1. The van der Waals surface area contributed by atoms with Gasteiger partial charge in [-0.1, -0.05) is 6.92 Å². The summed E-state index contributed by atoms with van der Waals surface area (Å²) in [4.78, 5) is 13.5. The van der Waals surface area contributed by atoms with Gasteiger partial charge in [0.15, 0.2) is 0 Å². The minimum Gasteiger partial charge on any atom is -0.381 e. The molecule has 2 N–H and O–H groups in total. The number of hydrogen-bond acceptors (Lipinski definition) is 3. The van der Waals surface area contributed by atoms with Crippen molar-refractivity contribution in [1.29, 1.82) is 0 Å². The lowest BCUT2D eigenvalue weighted by Gasteiger charge is -2.28. The Morgan fingerprint density at radius 1 is 1.67 bits per heavy atom. The number of carbonyl (C=O) groups is 1. The van der Waals surface area contributed by atoms with Crippen LogP contribution in [0.15, 0.2) is 0 Å². The molecule has 1 amide bonds. The van der Waals surface area contributed by atoms with E-state index < -0.39 is 0 Å². The summed E-state index contributed by atoms with van der Waals surface area (Å²) in [5.74, 6) is 0.528. The standard InChI is InChI=1S/C11H22N2O2/c1-3-10(12)11(14)13(2)7-9-5-4-6-15-8-9/h9-10H,3-8,12H2,1-2H3/t9?,10-/m0/s1. The van der Waals surface area contributed by atoms with Gasteiger partial charge in [0.05, 0.1) is 12.6 Å². The molecule has 15 heavy (non-hydrogen) atoms. The topological polar surface area (TPSA) is 55.6 Å². The maximum absolute atomic E-state index is 11.7. The van der Waals surface area contributed by atoms with Gasteiger partial charge in [0.25, 0.3) is 0 Å². The summed E-state index contributed by atoms with van der Waals surface area (Å²) in [6, 6.07) is -0.348. The maximum atomic E-state index is 11.7. The van der Waals surface area contributed by atoms with E-state index in [4.69, 9.17) is 10.5 Å². The predicted molar refractivity (Wildman–Crippen MR) is 59.4 cm³/mol. The maximum Gasteiger partial charge on any atom is 0.239 e. The first kappa shape index (κ1) is 12.5. The molecule has 4 heteroatoms. The van der Waals surface area contributed by atoms with E-state index in [1.165, 1.54) is 0 Å². The molecule has 88 valence electrons. The lowest BCUT2D eigenvalue weighted by molar-refractivity contribution is -0.132. The van der Waals surface area contributed by atoms with Gasteiger partial charge in [0, 0.05) is 20.2 Å². The van der Waals surface area contributed by atoms with Crippen LogP contribution in [0.3, 0.4) is 0 Å². The van der Waals surface area contributed by atoms with Crippen molar-refractivity contribution < 1.29 is 9.53 Å². The molecule has 0 aromatic rings. The van der Waals surface area contributed by atoms with E-state index in [1.807, 2.05) is 14.0 Å². The fourth-order valence-electron chi connectivity index (χ4n) is 1.89. The van der Waals surface area contributed by atoms with Crippen LogP contribution in [0, 0.1) is 5.92 Å². The summed E-state index contributed by atoms with van der Waals surface area (Å²) < 4.78 is 5.38. The molecule has 1 saturated heterocycles. The average Bonchev–Trinajstić information content (AvgIpc) is 2.28. The molecule has 1 heterocycles. The highest BCUT2D eigenvalue weighted by Crippen LogP contribution is 2.14. The third-order valence-corrected chi connectivity index (χ3v) is 2.92. The summed E-state index contributed by atoms with van der Waals surface area (Å²) in [5, 5.41) is 0. The summed E-state index contributed by atoms with van der Waals surface area (Å²) in [6.45, 7) is 4.34. The molecule has 1 aliphatic heterocycles. The zero-order valence-corrected chi connectivity index (χ0v) is 9.74. The molecule has 1 aliphatic rings. The number of hydrogen-bond donors (Lipinski definition) is 1. The highest BCUT2D eigenvalue weighted by molar-refractivity contribution is 5.81. The van der Waals surface area contributed by atoms with Gasteiger partial charge in [0.1, 0.15) is 0 Å². The number of amides is 1. The van der Waals surface area contributed by atoms with E-state index in [9.17, 15) is 4.79 Å². The van der Waals surface area contributed by atoms with Crippen LogP contribution in [0.2, 0.25) is 0 Å². The van der Waals surface area contributed by atoms with Crippen LogP contribution < -0.4 is 5.73 Å². The smallest absolute Gasteiger partial charge is 0.239 e. The largest absolute Gasteiger partial charge is 0.381 e. The van der Waals surface area contributed by atoms with Gasteiger partial charge in [-0.05, 0) is 25.2 Å². The van der Waals surface area contributed by atoms with Crippen LogP contribution >= 0.6 is 0 Å². The molecule has 4 nitrogen and oxygen atoms in total. The number of likely N-dealkylation sites (N-methyl/N-ethyl adjacent to an activating group) is 1. The van der Waals surface area contributed by atoms with Gasteiger partial charge in [-0.2, -0.15) is 0 Å². The van der Waals surface area contributed by atoms with Crippen molar-refractivity contribution in [2.75, 3.05) is 26.8 Å². The van der Waals surface area contributed by atoms with E-state index in [-0.39, 0.29) is 11.9 Å². The zero-order valence-electron chi connectivity index (χ0n) is 9.74. The molecule has 0 radical (unpaired) electrons. The number of nitrogens with zero attached hydrogens (tertiary/aromatic N) is 1. The second-order valence-electron chi connectivity index (χ2n) is 4.32. The van der Waals surface area contributed by atoms with E-state index in [0.29, 0.717) is 12.3 Å². The quantitative estimate of drug-likeness (QED) is 0.746. The van der Waals surface area contributed by atoms with Crippen molar-refractivity contribution in [2.24, 2.45) is 11.7 Å². The minimum atomic E-state index is -0.348. The van der Waals surface area contributed by atoms with Gasteiger partial charge in [-0.25, -0.2) is 0 Å². The van der Waals surface area contributed by atoms with Crippen LogP contribution in [0.5, 0.6) is 0 Å². The summed E-state index contributed by atoms with van der Waals surface area (Å²) in [6.07, 6.45) is 2.95. The Morgan fingerprint density at radius 3 is 2.93 bits per heavy atom. The van der Waals surface area contributed by atoms with Crippen LogP contribution in [0.1, 0.15) is 26.2 Å². The highest BCUT2D eigenvalue weighted by atomic mass is 16.5. The van der Waals surface area contributed by atoms with Crippen LogP contribution in [0.4, 0.5) is 0 Å². The number of carbonyl (C=O) groups excluding carboxylic acids is 1. The minimum absolute atomic E-state index is 0.0445. The van der Waals surface area contributed by atoms with Crippen molar-refractivity contribution in [1.82, 2.24) is 4.90 Å². The van der Waals surface area contributed by atoms with Crippen molar-refractivity contribution >= 4 is 5.91 Å². The van der Waals surface area contributed by atoms with Crippen molar-refractivity contribution in [3.05, 3.63) is 0 Å². The molecule has 1 rings (SSSR count). The first-order valence-electron chi connectivity index (χ1n) is 5.73. The Morgan fingerprint density at radius 2 is 2.40 bits per heavy atom. The number of ether oxygens (including phenoxy) is 1. The molecule has 0 bridgehead atoms. The van der Waals surface area contributed by atoms with Crippen LogP contribution in [0.25, 0.3) is 0 Å². The molecule has 0 aliphatic carbocycles. The molecule has 1 unspecified atom stereocenters. The monoisotopic (exact) mass is 214 g/mol. The Kier molecular flexibility index (Phi) is 5.05. The van der Waals surface area contributed by atoms with Crippen molar-refractivity contribution in [2.45, 2.75) is 32.2 Å². The van der Waals surface area contributed by atoms with E-state index >= 15 is 0 Å². The lowest BCUT2D eigenvalue weighted by atomic mass is 10.0. The third kappa shape index (κ3) is 3.80. The van der Waals surface area contributed by atoms with Gasteiger partial charge in [0.2, 0.25) is 5.91 Å². The summed E-state index contributed by atoms with van der Waals surface area (Å²) in [7, 11) is 1.83. The lowest BCUT2D eigenvalue weighted by Crippen LogP contribution is -2.44. The average molecular weight is 214 g/mol. The second-order valence-corrected chi connectivity index (χ2v) is 4.32. The van der Waals surface area contributed by atoms with Crippen molar-refractivity contribution in [3.63, 3.8) is 0 Å². The van der Waals surface area contributed by atoms with Gasteiger partial charge < -0.3 is 15.4 Å². The predicted octanol–water partition coefficient (Wildman–Crippen LogP) is 0.609. The zero-order chi connectivity index (χ0) is 11.3. The third-order valence-electron chi connectivity index (χ3n) is 2.92. The van der Waals surface area contributed by atoms with Gasteiger partial charge in [-0.15, -0.1) is 0 Å². The van der Waals surface area contributed by atoms with Gasteiger partial charge >= 0.3 is 0 Å². The van der Waals surface area contributed by atoms with Crippen LogP contribution in [-0.2, 0) is 9.53 Å². The van der Waals surface area contributed by atoms with E-state index in [0.717, 1.165) is 32.6 Å². The molecule has 0 aromatic heterocycles. The normalized spacial score (nSPS) is 23.5. The molecule has 0 saturated carbocycles. The molecule has 1 fully saturated rings. The van der Waals surface area contributed by atoms with Crippen molar-refractivity contribution in [3.8, 4) is 0 Å². The van der Waals surface area contributed by atoms with Crippen LogP contribution in [-0.4, -0.2) is 43.7 Å². The Hall–Kier alpha value is -0.610. The first-order valence-corrected chi connectivity index (χ1v) is 5.73. The molecular weight excluding hydrogens is 192 g/mol. The fraction of sp³-hybridized carbons (Fsp3) is 0.909. The molecule has 0 aromatic carbocycles. The molecule has 0 spiro atoms. The number of nitrogens with two attached hydrogens (primary N) is 1. The summed E-state index contributed by atoms with van der Waals surface area (Å²) >= 11 is 0. The number of rotatable bonds is 4. The highest BCUT2D eigenvalue weighted by Gasteiger charge is 2.21.